The molecular weight excluding hydrogens is 491 g/mol. The highest BCUT2D eigenvalue weighted by atomic mass is 35.5. The number of furan rings is 1. The van der Waals surface area contributed by atoms with E-state index in [0.29, 0.717) is 32.7 Å². The molecule has 1 aromatic heterocycles. The quantitative estimate of drug-likeness (QED) is 0.360. The number of carbonyl (C=O) groups is 2. The minimum atomic E-state index is -0.522. The van der Waals surface area contributed by atoms with E-state index < -0.39 is 5.91 Å². The second-order valence-corrected chi connectivity index (χ2v) is 8.07. The van der Waals surface area contributed by atoms with Crippen molar-refractivity contribution in [1.82, 2.24) is 10.6 Å². The SMILES string of the molecule is CC(=O)NC(=S)Nc1ccc(NC(=S)NC(=O)c2ccc(-c3cc(Cl)ccc3Cl)o2)cc1. The van der Waals surface area contributed by atoms with Gasteiger partial charge in [0.1, 0.15) is 5.76 Å². The van der Waals surface area contributed by atoms with Gasteiger partial charge in [0.05, 0.1) is 5.02 Å². The van der Waals surface area contributed by atoms with Crippen LogP contribution >= 0.6 is 47.6 Å². The molecule has 0 fully saturated rings. The molecule has 0 bridgehead atoms. The largest absolute Gasteiger partial charge is 0.451 e. The topological polar surface area (TPSA) is 95.4 Å². The lowest BCUT2D eigenvalue weighted by Gasteiger charge is -2.11. The van der Waals surface area contributed by atoms with Gasteiger partial charge in [-0.05, 0) is 79.0 Å². The van der Waals surface area contributed by atoms with Crippen molar-refractivity contribution in [3.63, 3.8) is 0 Å². The summed E-state index contributed by atoms with van der Waals surface area (Å²) in [6.45, 7) is 1.37. The van der Waals surface area contributed by atoms with Gasteiger partial charge in [0.25, 0.3) is 5.91 Å². The normalized spacial score (nSPS) is 10.2. The average Bonchev–Trinajstić information content (AvgIpc) is 3.21. The van der Waals surface area contributed by atoms with Gasteiger partial charge in [-0.3, -0.25) is 14.9 Å². The molecular formula is C21H16Cl2N4O3S2. The van der Waals surface area contributed by atoms with Crippen molar-refractivity contribution in [3.8, 4) is 11.3 Å². The number of carbonyl (C=O) groups excluding carboxylic acids is 2. The Bertz CT molecular complexity index is 1200. The van der Waals surface area contributed by atoms with Crippen LogP contribution in [0.4, 0.5) is 11.4 Å². The third kappa shape index (κ3) is 6.51. The Morgan fingerprint density at radius 1 is 0.844 bits per heavy atom. The third-order valence-corrected chi connectivity index (χ3v) is 4.91. The van der Waals surface area contributed by atoms with Crippen LogP contribution in [-0.2, 0) is 4.79 Å². The van der Waals surface area contributed by atoms with Gasteiger partial charge < -0.3 is 20.4 Å². The lowest BCUT2D eigenvalue weighted by atomic mass is 10.2. The highest BCUT2D eigenvalue weighted by Gasteiger charge is 2.15. The fraction of sp³-hybridized carbons (Fsp3) is 0.0476. The van der Waals surface area contributed by atoms with Gasteiger partial charge in [-0.15, -0.1) is 0 Å². The average molecular weight is 507 g/mol. The first kappa shape index (κ1) is 23.7. The van der Waals surface area contributed by atoms with Crippen molar-refractivity contribution >= 4 is 81.1 Å². The molecule has 0 aliphatic rings. The Morgan fingerprint density at radius 3 is 2.03 bits per heavy atom. The van der Waals surface area contributed by atoms with Crippen LogP contribution in [0.3, 0.4) is 0 Å². The molecule has 4 N–H and O–H groups in total. The molecule has 0 radical (unpaired) electrons. The number of thiocarbonyl (C=S) groups is 2. The van der Waals surface area contributed by atoms with E-state index in [1.807, 2.05) is 0 Å². The smallest absolute Gasteiger partial charge is 0.293 e. The Hall–Kier alpha value is -2.98. The summed E-state index contributed by atoms with van der Waals surface area (Å²) >= 11 is 22.4. The number of rotatable bonds is 4. The maximum absolute atomic E-state index is 12.5. The third-order valence-electron chi connectivity index (χ3n) is 3.94. The van der Waals surface area contributed by atoms with Crippen LogP contribution in [0.25, 0.3) is 11.3 Å². The molecule has 0 aliphatic carbocycles. The standard InChI is InChI=1S/C21H16Cl2N4O3S2/c1-11(28)24-20(31)25-13-3-5-14(6-4-13)26-21(32)27-19(29)18-9-8-17(30-18)15-10-12(22)2-7-16(15)23/h2-10H,1H3,(H2,24,25,28,31)(H2,26,27,29,32). The lowest BCUT2D eigenvalue weighted by molar-refractivity contribution is -0.117. The van der Waals surface area contributed by atoms with Gasteiger partial charge in [-0.2, -0.15) is 0 Å². The first-order chi connectivity index (χ1) is 15.2. The van der Waals surface area contributed by atoms with E-state index in [4.69, 9.17) is 52.1 Å². The Kier molecular flexibility index (Phi) is 7.81. The molecule has 11 heteroatoms. The maximum Gasteiger partial charge on any atom is 0.293 e. The zero-order valence-electron chi connectivity index (χ0n) is 16.5. The van der Waals surface area contributed by atoms with Crippen LogP contribution in [-0.4, -0.2) is 22.0 Å². The summed E-state index contributed by atoms with van der Waals surface area (Å²) in [7, 11) is 0. The van der Waals surface area contributed by atoms with Crippen LogP contribution in [0.1, 0.15) is 17.5 Å². The van der Waals surface area contributed by atoms with Crippen molar-refractivity contribution in [1.29, 1.82) is 0 Å². The number of anilines is 2. The van der Waals surface area contributed by atoms with Gasteiger partial charge in [-0.25, -0.2) is 0 Å². The van der Waals surface area contributed by atoms with Crippen molar-refractivity contribution in [2.75, 3.05) is 10.6 Å². The predicted octanol–water partition coefficient (Wildman–Crippen LogP) is 5.21. The highest BCUT2D eigenvalue weighted by molar-refractivity contribution is 7.80. The summed E-state index contributed by atoms with van der Waals surface area (Å²) in [5, 5.41) is 12.0. The van der Waals surface area contributed by atoms with E-state index in [0.717, 1.165) is 0 Å². The molecule has 0 aliphatic heterocycles. The van der Waals surface area contributed by atoms with E-state index in [-0.39, 0.29) is 21.9 Å². The van der Waals surface area contributed by atoms with Crippen molar-refractivity contribution in [2.45, 2.75) is 6.92 Å². The molecule has 32 heavy (non-hydrogen) atoms. The number of halogens is 2. The molecule has 0 saturated heterocycles. The van der Waals surface area contributed by atoms with Gasteiger partial charge in [0, 0.05) is 28.9 Å². The molecule has 2 aromatic carbocycles. The zero-order valence-corrected chi connectivity index (χ0v) is 19.6. The summed E-state index contributed by atoms with van der Waals surface area (Å²) in [5.74, 6) is -0.319. The molecule has 3 rings (SSSR count). The van der Waals surface area contributed by atoms with Crippen LogP contribution in [0, 0.1) is 0 Å². The molecule has 2 amide bonds. The zero-order chi connectivity index (χ0) is 23.3. The maximum atomic E-state index is 12.5. The van der Waals surface area contributed by atoms with Crippen LogP contribution < -0.4 is 21.3 Å². The van der Waals surface area contributed by atoms with Gasteiger partial charge in [0.15, 0.2) is 16.0 Å². The molecule has 0 spiro atoms. The van der Waals surface area contributed by atoms with E-state index in [1.54, 1.807) is 48.5 Å². The van der Waals surface area contributed by atoms with Crippen LogP contribution in [0.15, 0.2) is 59.0 Å². The first-order valence-electron chi connectivity index (χ1n) is 9.07. The second kappa shape index (κ2) is 10.6. The van der Waals surface area contributed by atoms with Crippen LogP contribution in [0.2, 0.25) is 10.0 Å². The van der Waals surface area contributed by atoms with Crippen molar-refractivity contribution in [2.24, 2.45) is 0 Å². The van der Waals surface area contributed by atoms with Gasteiger partial charge in [-0.1, -0.05) is 23.2 Å². The van der Waals surface area contributed by atoms with Gasteiger partial charge >= 0.3 is 0 Å². The first-order valence-corrected chi connectivity index (χ1v) is 10.6. The van der Waals surface area contributed by atoms with Gasteiger partial charge in [0.2, 0.25) is 5.91 Å². The predicted molar refractivity (Wildman–Crippen MR) is 134 cm³/mol. The second-order valence-electron chi connectivity index (χ2n) is 6.41. The lowest BCUT2D eigenvalue weighted by Crippen LogP contribution is -2.34. The molecule has 0 saturated carbocycles. The summed E-state index contributed by atoms with van der Waals surface area (Å²) in [5.41, 5.74) is 1.88. The van der Waals surface area contributed by atoms with Crippen LogP contribution in [0.5, 0.6) is 0 Å². The van der Waals surface area contributed by atoms with E-state index in [2.05, 4.69) is 21.3 Å². The number of hydrogen-bond donors (Lipinski definition) is 4. The fourth-order valence-electron chi connectivity index (χ4n) is 2.58. The Morgan fingerprint density at radius 2 is 1.44 bits per heavy atom. The Labute approximate surface area is 204 Å². The minimum absolute atomic E-state index is 0.0613. The molecule has 0 atom stereocenters. The number of amides is 2. The molecule has 7 nitrogen and oxygen atoms in total. The summed E-state index contributed by atoms with van der Waals surface area (Å²) in [6.07, 6.45) is 0. The van der Waals surface area contributed by atoms with E-state index in [9.17, 15) is 9.59 Å². The number of hydrogen-bond acceptors (Lipinski definition) is 5. The van der Waals surface area contributed by atoms with E-state index >= 15 is 0 Å². The highest BCUT2D eigenvalue weighted by Crippen LogP contribution is 2.31. The van der Waals surface area contributed by atoms with Crippen molar-refractivity contribution < 1.29 is 14.0 Å². The molecule has 164 valence electrons. The number of nitrogens with one attached hydrogen (secondary N) is 4. The Balaban J connectivity index is 1.58. The van der Waals surface area contributed by atoms with Crippen molar-refractivity contribution in [3.05, 3.63) is 70.4 Å². The minimum Gasteiger partial charge on any atom is -0.451 e. The fourth-order valence-corrected chi connectivity index (χ4v) is 3.43. The monoisotopic (exact) mass is 506 g/mol. The molecule has 3 aromatic rings. The molecule has 0 unspecified atom stereocenters. The molecule has 1 heterocycles. The summed E-state index contributed by atoms with van der Waals surface area (Å²) in [4.78, 5) is 23.5. The number of benzene rings is 2. The van der Waals surface area contributed by atoms with E-state index in [1.165, 1.54) is 13.0 Å². The summed E-state index contributed by atoms with van der Waals surface area (Å²) < 4.78 is 5.61. The summed E-state index contributed by atoms with van der Waals surface area (Å²) in [6, 6.07) is 15.0.